The van der Waals surface area contributed by atoms with Crippen molar-refractivity contribution >= 4 is 16.1 Å². The SMILES string of the molecule is CC(C)CCCC(C)NC(=O)NCC(C)S(N)(=O)=O. The molecule has 0 heterocycles. The summed E-state index contributed by atoms with van der Waals surface area (Å²) in [5.74, 6) is 0.664. The van der Waals surface area contributed by atoms with E-state index in [9.17, 15) is 13.2 Å². The molecule has 2 amide bonds. The summed E-state index contributed by atoms with van der Waals surface area (Å²) in [5.41, 5.74) is 0. The number of primary sulfonamides is 1. The largest absolute Gasteiger partial charge is 0.337 e. The molecule has 6 nitrogen and oxygen atoms in total. The van der Waals surface area contributed by atoms with Gasteiger partial charge < -0.3 is 10.6 Å². The first-order valence-electron chi connectivity index (χ1n) is 6.69. The number of hydrogen-bond donors (Lipinski definition) is 3. The van der Waals surface area contributed by atoms with E-state index >= 15 is 0 Å². The minimum absolute atomic E-state index is 0.0172. The lowest BCUT2D eigenvalue weighted by Gasteiger charge is -2.16. The molecule has 4 N–H and O–H groups in total. The molecule has 0 bridgehead atoms. The van der Waals surface area contributed by atoms with Gasteiger partial charge in [-0.15, -0.1) is 0 Å². The van der Waals surface area contributed by atoms with Gasteiger partial charge in [-0.05, 0) is 26.2 Å². The topological polar surface area (TPSA) is 101 Å². The standard InChI is InChI=1S/C12H27N3O3S/c1-9(2)6-5-7-10(3)15-12(16)14-8-11(4)19(13,17)18/h9-11H,5-8H2,1-4H3,(H2,13,17,18)(H2,14,15,16). The molecule has 19 heavy (non-hydrogen) atoms. The fourth-order valence-corrected chi connectivity index (χ4v) is 1.85. The highest BCUT2D eigenvalue weighted by molar-refractivity contribution is 7.89. The van der Waals surface area contributed by atoms with Gasteiger partial charge in [0.1, 0.15) is 0 Å². The third-order valence-corrected chi connectivity index (χ3v) is 4.20. The highest BCUT2D eigenvalue weighted by atomic mass is 32.2. The van der Waals surface area contributed by atoms with E-state index in [1.165, 1.54) is 6.92 Å². The molecule has 2 unspecified atom stereocenters. The number of nitrogens with two attached hydrogens (primary N) is 1. The van der Waals surface area contributed by atoms with E-state index in [4.69, 9.17) is 5.14 Å². The van der Waals surface area contributed by atoms with E-state index in [1.807, 2.05) is 6.92 Å². The summed E-state index contributed by atoms with van der Waals surface area (Å²) < 4.78 is 22.0. The van der Waals surface area contributed by atoms with Crippen LogP contribution in [-0.4, -0.2) is 32.3 Å². The Labute approximate surface area is 116 Å². The van der Waals surface area contributed by atoms with Crippen molar-refractivity contribution in [1.29, 1.82) is 0 Å². The molecule has 114 valence electrons. The maximum Gasteiger partial charge on any atom is 0.315 e. The summed E-state index contributed by atoms with van der Waals surface area (Å²) in [6.07, 6.45) is 3.11. The van der Waals surface area contributed by atoms with Crippen LogP contribution in [0.3, 0.4) is 0 Å². The fourth-order valence-electron chi connectivity index (χ4n) is 1.53. The van der Waals surface area contributed by atoms with Gasteiger partial charge in [0.25, 0.3) is 0 Å². The normalized spacial score (nSPS) is 15.1. The Morgan fingerprint density at radius 2 is 1.74 bits per heavy atom. The van der Waals surface area contributed by atoms with E-state index in [0.29, 0.717) is 5.92 Å². The van der Waals surface area contributed by atoms with Crippen molar-refractivity contribution in [1.82, 2.24) is 10.6 Å². The minimum atomic E-state index is -3.59. The first-order chi connectivity index (χ1) is 8.62. The lowest BCUT2D eigenvalue weighted by molar-refractivity contribution is 0.237. The van der Waals surface area contributed by atoms with Gasteiger partial charge in [-0.3, -0.25) is 0 Å². The second-order valence-electron chi connectivity index (χ2n) is 5.48. The zero-order chi connectivity index (χ0) is 15.1. The summed E-state index contributed by atoms with van der Waals surface area (Å²) in [5, 5.41) is 9.46. The summed E-state index contributed by atoms with van der Waals surface area (Å²) in [6, 6.07) is -0.281. The molecule has 0 saturated heterocycles. The molecule has 0 radical (unpaired) electrons. The molecule has 0 aromatic heterocycles. The van der Waals surface area contributed by atoms with Crippen LogP contribution in [0.1, 0.15) is 47.0 Å². The molecular formula is C12H27N3O3S. The fraction of sp³-hybridized carbons (Fsp3) is 0.917. The summed E-state index contributed by atoms with van der Waals surface area (Å²) >= 11 is 0. The Balaban J connectivity index is 3.86. The smallest absolute Gasteiger partial charge is 0.315 e. The van der Waals surface area contributed by atoms with Gasteiger partial charge >= 0.3 is 6.03 Å². The van der Waals surface area contributed by atoms with E-state index in [-0.39, 0.29) is 18.6 Å². The van der Waals surface area contributed by atoms with Crippen molar-refractivity contribution in [2.45, 2.75) is 58.2 Å². The highest BCUT2D eigenvalue weighted by Crippen LogP contribution is 2.08. The average molecular weight is 293 g/mol. The van der Waals surface area contributed by atoms with E-state index in [0.717, 1.165) is 19.3 Å². The Hall–Kier alpha value is -0.820. The van der Waals surface area contributed by atoms with Crippen molar-refractivity contribution in [2.24, 2.45) is 11.1 Å². The molecule has 0 spiro atoms. The second kappa shape index (κ2) is 8.37. The Morgan fingerprint density at radius 3 is 2.21 bits per heavy atom. The van der Waals surface area contributed by atoms with E-state index in [1.54, 1.807) is 0 Å². The lowest BCUT2D eigenvalue weighted by atomic mass is 10.0. The van der Waals surface area contributed by atoms with Gasteiger partial charge in [-0.1, -0.05) is 26.7 Å². The van der Waals surface area contributed by atoms with Crippen molar-refractivity contribution in [3.63, 3.8) is 0 Å². The Kier molecular flexibility index (Phi) is 8.01. The van der Waals surface area contributed by atoms with Crippen LogP contribution < -0.4 is 15.8 Å². The van der Waals surface area contributed by atoms with Crippen LogP contribution >= 0.6 is 0 Å². The molecule has 0 aliphatic carbocycles. The van der Waals surface area contributed by atoms with Crippen molar-refractivity contribution in [3.05, 3.63) is 0 Å². The zero-order valence-corrected chi connectivity index (χ0v) is 13.1. The number of rotatable bonds is 8. The number of hydrogen-bond acceptors (Lipinski definition) is 3. The summed E-state index contributed by atoms with van der Waals surface area (Å²) in [6.45, 7) is 7.74. The maximum atomic E-state index is 11.5. The molecule has 0 aromatic carbocycles. The number of nitrogens with one attached hydrogen (secondary N) is 2. The minimum Gasteiger partial charge on any atom is -0.337 e. The molecular weight excluding hydrogens is 266 g/mol. The molecule has 0 rings (SSSR count). The predicted molar refractivity (Wildman–Crippen MR) is 77.3 cm³/mol. The molecule has 0 fully saturated rings. The highest BCUT2D eigenvalue weighted by Gasteiger charge is 2.16. The molecule has 0 aliphatic rings. The van der Waals surface area contributed by atoms with Crippen LogP contribution in [0.2, 0.25) is 0 Å². The first-order valence-corrected chi connectivity index (χ1v) is 8.29. The number of urea groups is 1. The lowest BCUT2D eigenvalue weighted by Crippen LogP contribution is -2.45. The quantitative estimate of drug-likeness (QED) is 0.626. The van der Waals surface area contributed by atoms with Gasteiger partial charge in [-0.25, -0.2) is 18.4 Å². The summed E-state index contributed by atoms with van der Waals surface area (Å²) in [7, 11) is -3.59. The molecule has 0 aliphatic heterocycles. The molecule has 0 aromatic rings. The number of sulfonamides is 1. The molecule has 7 heteroatoms. The molecule has 2 atom stereocenters. The maximum absolute atomic E-state index is 11.5. The van der Waals surface area contributed by atoms with Crippen LogP contribution in [0.4, 0.5) is 4.79 Å². The third kappa shape index (κ3) is 9.72. The number of carbonyl (C=O) groups excluding carboxylic acids is 1. The van der Waals surface area contributed by atoms with Crippen LogP contribution in [0.5, 0.6) is 0 Å². The van der Waals surface area contributed by atoms with Crippen LogP contribution in [0.15, 0.2) is 0 Å². The Morgan fingerprint density at radius 1 is 1.16 bits per heavy atom. The van der Waals surface area contributed by atoms with Gasteiger partial charge in [-0.2, -0.15) is 0 Å². The first kappa shape index (κ1) is 18.2. The van der Waals surface area contributed by atoms with Crippen LogP contribution in [-0.2, 0) is 10.0 Å². The second-order valence-corrected chi connectivity index (χ2v) is 7.46. The van der Waals surface area contributed by atoms with Gasteiger partial charge in [0, 0.05) is 12.6 Å². The van der Waals surface area contributed by atoms with Crippen molar-refractivity contribution in [3.8, 4) is 0 Å². The molecule has 0 saturated carbocycles. The predicted octanol–water partition coefficient (Wildman–Crippen LogP) is 1.18. The summed E-state index contributed by atoms with van der Waals surface area (Å²) in [4.78, 5) is 11.5. The third-order valence-electron chi connectivity index (χ3n) is 2.91. The average Bonchev–Trinajstić information content (AvgIpc) is 2.23. The van der Waals surface area contributed by atoms with Crippen molar-refractivity contribution in [2.75, 3.05) is 6.54 Å². The van der Waals surface area contributed by atoms with Gasteiger partial charge in [0.05, 0.1) is 5.25 Å². The number of carbonyl (C=O) groups is 1. The Bertz CT molecular complexity index is 368. The zero-order valence-electron chi connectivity index (χ0n) is 12.3. The van der Waals surface area contributed by atoms with Crippen LogP contribution in [0.25, 0.3) is 0 Å². The monoisotopic (exact) mass is 293 g/mol. The van der Waals surface area contributed by atoms with Crippen LogP contribution in [0, 0.1) is 5.92 Å². The van der Waals surface area contributed by atoms with E-state index in [2.05, 4.69) is 24.5 Å². The van der Waals surface area contributed by atoms with Gasteiger partial charge in [0.15, 0.2) is 0 Å². The van der Waals surface area contributed by atoms with Crippen molar-refractivity contribution < 1.29 is 13.2 Å². The van der Waals surface area contributed by atoms with E-state index < -0.39 is 15.3 Å². The number of amides is 2. The van der Waals surface area contributed by atoms with Gasteiger partial charge in [0.2, 0.25) is 10.0 Å².